The van der Waals surface area contributed by atoms with Gasteiger partial charge in [-0.15, -0.1) is 0 Å². The molecule has 0 unspecified atom stereocenters. The summed E-state index contributed by atoms with van der Waals surface area (Å²) in [4.78, 5) is 28.1. The Hall–Kier alpha value is -3.72. The first kappa shape index (κ1) is 20.5. The Labute approximate surface area is 184 Å². The van der Waals surface area contributed by atoms with E-state index < -0.39 is 17.6 Å². The molecular weight excluding hydrogens is 469 g/mol. The number of rotatable bonds is 6. The van der Waals surface area contributed by atoms with Gasteiger partial charge in [-0.25, -0.2) is 9.37 Å². The molecule has 2 amide bonds. The van der Waals surface area contributed by atoms with Gasteiger partial charge in [0.25, 0.3) is 11.8 Å². The zero-order valence-corrected chi connectivity index (χ0v) is 17.5. The molecule has 0 bridgehead atoms. The van der Waals surface area contributed by atoms with Gasteiger partial charge in [0, 0.05) is 10.2 Å². The number of nitrogens with two attached hydrogens (primary N) is 1. The molecule has 0 aliphatic rings. The molecule has 0 aliphatic carbocycles. The highest BCUT2D eigenvalue weighted by Crippen LogP contribution is 2.32. The van der Waals surface area contributed by atoms with Crippen LogP contribution >= 0.6 is 15.9 Å². The van der Waals surface area contributed by atoms with Gasteiger partial charge >= 0.3 is 0 Å². The number of para-hydroxylation sites is 1. The van der Waals surface area contributed by atoms with Crippen LogP contribution in [0.1, 0.15) is 10.4 Å². The summed E-state index contributed by atoms with van der Waals surface area (Å²) >= 11 is 3.36. The van der Waals surface area contributed by atoms with Crippen molar-refractivity contribution in [2.45, 2.75) is 0 Å². The number of carbonyl (C=O) groups is 2. The monoisotopic (exact) mass is 483 g/mol. The van der Waals surface area contributed by atoms with E-state index in [4.69, 9.17) is 14.9 Å². The predicted molar refractivity (Wildman–Crippen MR) is 116 cm³/mol. The van der Waals surface area contributed by atoms with Crippen molar-refractivity contribution in [3.05, 3.63) is 76.5 Å². The largest absolute Gasteiger partial charge is 0.483 e. The number of benzene rings is 3. The number of hydrogen-bond acceptors (Lipinski definition) is 5. The SMILES string of the molecule is NC(=O)COc1ccccc1C(=O)Nc1ccc2oc(-c3cc(F)ccc3Br)nc2c1. The van der Waals surface area contributed by atoms with Gasteiger partial charge in [0.1, 0.15) is 17.1 Å². The van der Waals surface area contributed by atoms with Gasteiger partial charge in [-0.2, -0.15) is 0 Å². The molecule has 0 saturated heterocycles. The normalized spacial score (nSPS) is 10.8. The van der Waals surface area contributed by atoms with E-state index in [0.717, 1.165) is 0 Å². The fraction of sp³-hybridized carbons (Fsp3) is 0.0455. The minimum atomic E-state index is -0.646. The number of fused-ring (bicyclic) bond motifs is 1. The zero-order chi connectivity index (χ0) is 22.0. The van der Waals surface area contributed by atoms with Crippen LogP contribution in [0, 0.1) is 5.82 Å². The average molecular weight is 484 g/mol. The number of anilines is 1. The van der Waals surface area contributed by atoms with Crippen LogP contribution in [0.5, 0.6) is 5.75 Å². The quantitative estimate of drug-likeness (QED) is 0.419. The lowest BCUT2D eigenvalue weighted by Gasteiger charge is -2.10. The van der Waals surface area contributed by atoms with E-state index in [1.54, 1.807) is 48.5 Å². The molecule has 7 nitrogen and oxygen atoms in total. The maximum absolute atomic E-state index is 13.6. The fourth-order valence-corrected chi connectivity index (χ4v) is 3.33. The number of halogens is 2. The molecule has 0 spiro atoms. The summed E-state index contributed by atoms with van der Waals surface area (Å²) in [6.45, 7) is -0.340. The Balaban J connectivity index is 1.59. The number of primary amides is 1. The number of nitrogens with zero attached hydrogens (tertiary/aromatic N) is 1. The topological polar surface area (TPSA) is 107 Å². The Morgan fingerprint density at radius 1 is 1.13 bits per heavy atom. The summed E-state index contributed by atoms with van der Waals surface area (Å²) in [5.41, 5.74) is 7.26. The number of nitrogens with one attached hydrogen (secondary N) is 1. The smallest absolute Gasteiger partial charge is 0.259 e. The number of carbonyl (C=O) groups excluding carboxylic acids is 2. The molecule has 0 saturated carbocycles. The van der Waals surface area contributed by atoms with Crippen LogP contribution in [-0.2, 0) is 4.79 Å². The molecular formula is C22H15BrFN3O4. The van der Waals surface area contributed by atoms with E-state index in [1.165, 1.54) is 12.1 Å². The summed E-state index contributed by atoms with van der Waals surface area (Å²) in [5.74, 6) is -1.01. The van der Waals surface area contributed by atoms with Crippen molar-refractivity contribution in [3.8, 4) is 17.2 Å². The van der Waals surface area contributed by atoms with Crippen molar-refractivity contribution in [2.75, 3.05) is 11.9 Å². The number of hydrogen-bond donors (Lipinski definition) is 2. The van der Waals surface area contributed by atoms with Crippen molar-refractivity contribution >= 4 is 44.5 Å². The lowest BCUT2D eigenvalue weighted by atomic mass is 10.2. The summed E-state index contributed by atoms with van der Waals surface area (Å²) in [6.07, 6.45) is 0. The molecule has 3 aromatic carbocycles. The number of amides is 2. The number of oxazole rings is 1. The molecule has 3 N–H and O–H groups in total. The molecule has 156 valence electrons. The minimum absolute atomic E-state index is 0.236. The van der Waals surface area contributed by atoms with Gasteiger partial charge < -0.3 is 20.2 Å². The minimum Gasteiger partial charge on any atom is -0.483 e. The third-order valence-electron chi connectivity index (χ3n) is 4.31. The first-order valence-electron chi connectivity index (χ1n) is 9.08. The summed E-state index contributed by atoms with van der Waals surface area (Å²) in [5, 5.41) is 2.76. The molecule has 0 atom stereocenters. The van der Waals surface area contributed by atoms with Crippen molar-refractivity contribution in [3.63, 3.8) is 0 Å². The highest BCUT2D eigenvalue weighted by molar-refractivity contribution is 9.10. The van der Waals surface area contributed by atoms with Crippen molar-refractivity contribution in [1.29, 1.82) is 0 Å². The molecule has 1 heterocycles. The van der Waals surface area contributed by atoms with E-state index in [0.29, 0.717) is 26.8 Å². The third kappa shape index (κ3) is 4.56. The second kappa shape index (κ2) is 8.57. The molecule has 1 aromatic heterocycles. The standard InChI is InChI=1S/C22H15BrFN3O4/c23-16-7-5-12(24)9-15(16)22-27-17-10-13(6-8-19(17)31-22)26-21(29)14-3-1-2-4-18(14)30-11-20(25)28/h1-10H,11H2,(H2,25,28)(H,26,29). The van der Waals surface area contributed by atoms with Crippen LogP contribution in [0.4, 0.5) is 10.1 Å². The Morgan fingerprint density at radius 2 is 1.94 bits per heavy atom. The first-order chi connectivity index (χ1) is 14.9. The number of ether oxygens (including phenoxy) is 1. The van der Waals surface area contributed by atoms with Crippen LogP contribution < -0.4 is 15.8 Å². The molecule has 4 rings (SSSR count). The molecule has 4 aromatic rings. The lowest BCUT2D eigenvalue weighted by molar-refractivity contribution is -0.119. The van der Waals surface area contributed by atoms with Gasteiger partial charge in [-0.1, -0.05) is 12.1 Å². The molecule has 31 heavy (non-hydrogen) atoms. The van der Waals surface area contributed by atoms with Gasteiger partial charge in [0.2, 0.25) is 5.89 Å². The zero-order valence-electron chi connectivity index (χ0n) is 15.9. The van der Waals surface area contributed by atoms with Gasteiger partial charge in [-0.05, 0) is 64.5 Å². The highest BCUT2D eigenvalue weighted by atomic mass is 79.9. The molecule has 0 aliphatic heterocycles. The van der Waals surface area contributed by atoms with Crippen molar-refractivity contribution in [1.82, 2.24) is 4.98 Å². The first-order valence-corrected chi connectivity index (χ1v) is 9.87. The Kier molecular flexibility index (Phi) is 5.68. The predicted octanol–water partition coefficient (Wildman–Crippen LogP) is 4.51. The number of aromatic nitrogens is 1. The molecule has 0 radical (unpaired) electrons. The van der Waals surface area contributed by atoms with E-state index in [9.17, 15) is 14.0 Å². The summed E-state index contributed by atoms with van der Waals surface area (Å²) < 4.78 is 25.3. The molecule has 0 fully saturated rings. The van der Waals surface area contributed by atoms with Crippen LogP contribution in [0.25, 0.3) is 22.6 Å². The van der Waals surface area contributed by atoms with E-state index in [-0.39, 0.29) is 23.8 Å². The second-order valence-corrected chi connectivity index (χ2v) is 7.39. The Morgan fingerprint density at radius 3 is 2.74 bits per heavy atom. The van der Waals surface area contributed by atoms with E-state index in [1.807, 2.05) is 0 Å². The van der Waals surface area contributed by atoms with Crippen molar-refractivity contribution in [2.24, 2.45) is 5.73 Å². The van der Waals surface area contributed by atoms with Crippen LogP contribution in [0.2, 0.25) is 0 Å². The fourth-order valence-electron chi connectivity index (χ4n) is 2.91. The van der Waals surface area contributed by atoms with E-state index >= 15 is 0 Å². The van der Waals surface area contributed by atoms with E-state index in [2.05, 4.69) is 26.2 Å². The summed E-state index contributed by atoms with van der Waals surface area (Å²) in [7, 11) is 0. The maximum atomic E-state index is 13.6. The van der Waals surface area contributed by atoms with Gasteiger partial charge in [0.15, 0.2) is 12.2 Å². The second-order valence-electron chi connectivity index (χ2n) is 6.53. The highest BCUT2D eigenvalue weighted by Gasteiger charge is 2.16. The van der Waals surface area contributed by atoms with Crippen LogP contribution in [0.15, 0.2) is 69.6 Å². The lowest BCUT2D eigenvalue weighted by Crippen LogP contribution is -2.21. The molecule has 9 heteroatoms. The van der Waals surface area contributed by atoms with Gasteiger partial charge in [0.05, 0.1) is 11.1 Å². The Bertz CT molecular complexity index is 1310. The van der Waals surface area contributed by atoms with Crippen molar-refractivity contribution < 1.29 is 23.1 Å². The average Bonchev–Trinajstić information content (AvgIpc) is 3.17. The van der Waals surface area contributed by atoms with Crippen LogP contribution in [-0.4, -0.2) is 23.4 Å². The maximum Gasteiger partial charge on any atom is 0.259 e. The van der Waals surface area contributed by atoms with Gasteiger partial charge in [-0.3, -0.25) is 9.59 Å². The summed E-state index contributed by atoms with van der Waals surface area (Å²) in [6, 6.07) is 15.7. The third-order valence-corrected chi connectivity index (χ3v) is 5.00. The van der Waals surface area contributed by atoms with Crippen LogP contribution in [0.3, 0.4) is 0 Å².